The number of hydrogen-bond acceptors (Lipinski definition) is 2. The molecular formula is C22H18BrN3O. The molecule has 0 unspecified atom stereocenters. The van der Waals surface area contributed by atoms with Gasteiger partial charge in [-0.2, -0.15) is 0 Å². The fourth-order valence-corrected chi connectivity index (χ4v) is 3.60. The van der Waals surface area contributed by atoms with Crippen LogP contribution in [0.15, 0.2) is 65.1 Å². The molecule has 2 heterocycles. The van der Waals surface area contributed by atoms with Crippen LogP contribution in [-0.4, -0.2) is 15.9 Å². The summed E-state index contributed by atoms with van der Waals surface area (Å²) in [7, 11) is 0. The standard InChI is InChI=1S/C22H18BrN3O/c1-14-22-19(18-7-2-3-8-20(18)26-22)12-17(25-14)13-24-21(27)10-9-15-5-4-6-16(23)11-15/h2-12,26H,13H2,1H3,(H,24,27)/b10-9+. The minimum atomic E-state index is -0.145. The number of rotatable bonds is 4. The number of fused-ring (bicyclic) bond motifs is 3. The molecule has 0 spiro atoms. The van der Waals surface area contributed by atoms with Crippen molar-refractivity contribution in [2.24, 2.45) is 0 Å². The van der Waals surface area contributed by atoms with Crippen LogP contribution in [0.2, 0.25) is 0 Å². The Morgan fingerprint density at radius 3 is 2.85 bits per heavy atom. The van der Waals surface area contributed by atoms with E-state index in [1.165, 1.54) is 5.39 Å². The van der Waals surface area contributed by atoms with Crippen LogP contribution in [0.1, 0.15) is 17.0 Å². The summed E-state index contributed by atoms with van der Waals surface area (Å²) in [6.45, 7) is 2.37. The van der Waals surface area contributed by atoms with Gasteiger partial charge in [0.1, 0.15) is 0 Å². The predicted molar refractivity (Wildman–Crippen MR) is 113 cm³/mol. The first kappa shape index (κ1) is 17.5. The first-order valence-corrected chi connectivity index (χ1v) is 9.48. The van der Waals surface area contributed by atoms with Crippen LogP contribution in [-0.2, 0) is 11.3 Å². The summed E-state index contributed by atoms with van der Waals surface area (Å²) in [6.07, 6.45) is 3.33. The first-order chi connectivity index (χ1) is 13.1. The summed E-state index contributed by atoms with van der Waals surface area (Å²) in [5, 5.41) is 5.20. The highest BCUT2D eigenvalue weighted by molar-refractivity contribution is 9.10. The molecule has 2 aromatic heterocycles. The van der Waals surface area contributed by atoms with E-state index in [4.69, 9.17) is 0 Å². The highest BCUT2D eigenvalue weighted by Crippen LogP contribution is 2.27. The summed E-state index contributed by atoms with van der Waals surface area (Å²) in [5.74, 6) is -0.145. The number of aromatic nitrogens is 2. The van der Waals surface area contributed by atoms with Crippen molar-refractivity contribution in [2.75, 3.05) is 0 Å². The van der Waals surface area contributed by atoms with Gasteiger partial charge in [0.15, 0.2) is 0 Å². The molecule has 0 atom stereocenters. The zero-order valence-electron chi connectivity index (χ0n) is 14.8. The lowest BCUT2D eigenvalue weighted by molar-refractivity contribution is -0.116. The largest absolute Gasteiger partial charge is 0.353 e. The molecule has 0 aliphatic heterocycles. The van der Waals surface area contributed by atoms with Crippen LogP contribution < -0.4 is 5.32 Å². The molecule has 4 aromatic rings. The van der Waals surface area contributed by atoms with Crippen LogP contribution in [0.3, 0.4) is 0 Å². The number of benzene rings is 2. The predicted octanol–water partition coefficient (Wildman–Crippen LogP) is 5.12. The van der Waals surface area contributed by atoms with E-state index in [9.17, 15) is 4.79 Å². The molecular weight excluding hydrogens is 402 g/mol. The fraction of sp³-hybridized carbons (Fsp3) is 0.0909. The highest BCUT2D eigenvalue weighted by atomic mass is 79.9. The Kier molecular flexibility index (Phi) is 4.77. The zero-order valence-corrected chi connectivity index (χ0v) is 16.4. The molecule has 2 N–H and O–H groups in total. The summed E-state index contributed by atoms with van der Waals surface area (Å²) in [4.78, 5) is 20.2. The molecule has 5 heteroatoms. The molecule has 0 bridgehead atoms. The van der Waals surface area contributed by atoms with Crippen molar-refractivity contribution in [1.82, 2.24) is 15.3 Å². The summed E-state index contributed by atoms with van der Waals surface area (Å²) in [5.41, 5.74) is 4.87. The Balaban J connectivity index is 1.51. The maximum Gasteiger partial charge on any atom is 0.244 e. The smallest absolute Gasteiger partial charge is 0.244 e. The lowest BCUT2D eigenvalue weighted by Crippen LogP contribution is -2.21. The minimum absolute atomic E-state index is 0.145. The van der Waals surface area contributed by atoms with Crippen molar-refractivity contribution >= 4 is 49.7 Å². The third-order valence-electron chi connectivity index (χ3n) is 4.45. The Morgan fingerprint density at radius 2 is 2.00 bits per heavy atom. The zero-order chi connectivity index (χ0) is 18.8. The van der Waals surface area contributed by atoms with E-state index in [0.29, 0.717) is 6.54 Å². The van der Waals surface area contributed by atoms with Crippen LogP contribution in [0.25, 0.3) is 27.9 Å². The molecule has 4 nitrogen and oxygen atoms in total. The number of hydrogen-bond donors (Lipinski definition) is 2. The van der Waals surface area contributed by atoms with Crippen LogP contribution in [0.5, 0.6) is 0 Å². The molecule has 0 aliphatic carbocycles. The van der Waals surface area contributed by atoms with Crippen molar-refractivity contribution < 1.29 is 4.79 Å². The van der Waals surface area contributed by atoms with Crippen molar-refractivity contribution in [2.45, 2.75) is 13.5 Å². The van der Waals surface area contributed by atoms with Gasteiger partial charge in [0.2, 0.25) is 5.91 Å². The number of pyridine rings is 1. The molecule has 1 amide bonds. The number of aryl methyl sites for hydroxylation is 1. The monoisotopic (exact) mass is 419 g/mol. The first-order valence-electron chi connectivity index (χ1n) is 8.68. The number of nitrogens with one attached hydrogen (secondary N) is 2. The molecule has 0 saturated carbocycles. The van der Waals surface area contributed by atoms with E-state index in [1.54, 1.807) is 12.2 Å². The van der Waals surface area contributed by atoms with Gasteiger partial charge in [0, 0.05) is 26.8 Å². The number of carbonyl (C=O) groups is 1. The van der Waals surface area contributed by atoms with Crippen LogP contribution in [0, 0.1) is 6.92 Å². The van der Waals surface area contributed by atoms with Crippen LogP contribution in [0.4, 0.5) is 0 Å². The molecule has 4 rings (SSSR count). The number of carbonyl (C=O) groups excluding carboxylic acids is 1. The van der Waals surface area contributed by atoms with Crippen molar-refractivity contribution in [3.63, 3.8) is 0 Å². The second-order valence-corrected chi connectivity index (χ2v) is 7.31. The summed E-state index contributed by atoms with van der Waals surface area (Å²) >= 11 is 3.43. The average molecular weight is 420 g/mol. The highest BCUT2D eigenvalue weighted by Gasteiger charge is 2.09. The van der Waals surface area contributed by atoms with E-state index < -0.39 is 0 Å². The van der Waals surface area contributed by atoms with Crippen LogP contribution >= 0.6 is 15.9 Å². The van der Waals surface area contributed by atoms with Gasteiger partial charge in [-0.1, -0.05) is 46.3 Å². The Morgan fingerprint density at radius 1 is 1.15 bits per heavy atom. The third kappa shape index (κ3) is 3.78. The molecule has 2 aromatic carbocycles. The van der Waals surface area contributed by atoms with E-state index in [-0.39, 0.29) is 5.91 Å². The number of aromatic amines is 1. The Labute approximate surface area is 165 Å². The van der Waals surface area contributed by atoms with Crippen molar-refractivity contribution in [1.29, 1.82) is 0 Å². The quantitative estimate of drug-likeness (QED) is 0.451. The second kappa shape index (κ2) is 7.37. The van der Waals surface area contributed by atoms with E-state index >= 15 is 0 Å². The summed E-state index contributed by atoms with van der Waals surface area (Å²) in [6, 6.07) is 18.0. The molecule has 0 aliphatic rings. The van der Waals surface area contributed by atoms with Gasteiger partial charge >= 0.3 is 0 Å². The number of halogens is 1. The third-order valence-corrected chi connectivity index (χ3v) is 4.94. The SMILES string of the molecule is Cc1nc(CNC(=O)/C=C/c2cccc(Br)c2)cc2c1[nH]c1ccccc12. The van der Waals surface area contributed by atoms with Crippen molar-refractivity contribution in [3.8, 4) is 0 Å². The maximum absolute atomic E-state index is 12.1. The molecule has 134 valence electrons. The van der Waals surface area contributed by atoms with E-state index in [0.717, 1.165) is 37.8 Å². The number of nitrogens with zero attached hydrogens (tertiary/aromatic N) is 1. The number of amides is 1. The van der Waals surface area contributed by atoms with Gasteiger partial charge in [-0.15, -0.1) is 0 Å². The molecule has 0 fully saturated rings. The maximum atomic E-state index is 12.1. The lowest BCUT2D eigenvalue weighted by atomic mass is 10.1. The lowest BCUT2D eigenvalue weighted by Gasteiger charge is -2.05. The van der Waals surface area contributed by atoms with E-state index in [2.05, 4.69) is 43.3 Å². The topological polar surface area (TPSA) is 57.8 Å². The number of para-hydroxylation sites is 1. The Hall–Kier alpha value is -2.92. The normalized spacial score (nSPS) is 11.5. The van der Waals surface area contributed by atoms with Gasteiger partial charge in [-0.3, -0.25) is 9.78 Å². The number of H-pyrrole nitrogens is 1. The average Bonchev–Trinajstić information content (AvgIpc) is 3.04. The van der Waals surface area contributed by atoms with E-state index in [1.807, 2.05) is 49.4 Å². The second-order valence-electron chi connectivity index (χ2n) is 6.40. The van der Waals surface area contributed by atoms with Gasteiger partial charge in [-0.05, 0) is 42.8 Å². The van der Waals surface area contributed by atoms with Gasteiger partial charge < -0.3 is 10.3 Å². The fourth-order valence-electron chi connectivity index (χ4n) is 3.18. The van der Waals surface area contributed by atoms with Crippen molar-refractivity contribution in [3.05, 3.63) is 82.1 Å². The van der Waals surface area contributed by atoms with Gasteiger partial charge in [0.05, 0.1) is 23.4 Å². The summed E-state index contributed by atoms with van der Waals surface area (Å²) < 4.78 is 0.983. The minimum Gasteiger partial charge on any atom is -0.353 e. The molecule has 27 heavy (non-hydrogen) atoms. The van der Waals surface area contributed by atoms with Gasteiger partial charge in [0.25, 0.3) is 0 Å². The van der Waals surface area contributed by atoms with Gasteiger partial charge in [-0.25, -0.2) is 0 Å². The molecule has 0 saturated heterocycles. The Bertz CT molecular complexity index is 1180. The molecule has 0 radical (unpaired) electrons.